The first kappa shape index (κ1) is 20.4. The van der Waals surface area contributed by atoms with Crippen molar-refractivity contribution < 1.29 is 14.7 Å². The fourth-order valence-electron chi connectivity index (χ4n) is 3.64. The van der Waals surface area contributed by atoms with Crippen molar-refractivity contribution in [3.8, 4) is 0 Å². The number of nitrogens with zero attached hydrogens (tertiary/aromatic N) is 2. The van der Waals surface area contributed by atoms with Crippen LogP contribution in [0.15, 0.2) is 83.2 Å². The number of aliphatic hydroxyl groups excluding tert-OH is 1. The van der Waals surface area contributed by atoms with Crippen LogP contribution in [-0.4, -0.2) is 33.0 Å². The Morgan fingerprint density at radius 1 is 1.06 bits per heavy atom. The molecule has 7 nitrogen and oxygen atoms in total. The average molecular weight is 465 g/mol. The number of nitrogens with one attached hydrogen (secondary N) is 2. The van der Waals surface area contributed by atoms with Gasteiger partial charge in [0.25, 0.3) is 0 Å². The topological polar surface area (TPSA) is 94.0 Å². The zero-order chi connectivity index (χ0) is 22.2. The number of aliphatic hydroxyl groups is 1. The highest BCUT2D eigenvalue weighted by molar-refractivity contribution is 8.13. The van der Waals surface area contributed by atoms with Gasteiger partial charge in [-0.05, 0) is 35.9 Å². The third kappa shape index (κ3) is 3.79. The van der Waals surface area contributed by atoms with Gasteiger partial charge >= 0.3 is 0 Å². The van der Waals surface area contributed by atoms with Crippen LogP contribution in [0.25, 0.3) is 5.70 Å². The molecular weight excluding hydrogens is 448 g/mol. The Balaban J connectivity index is 1.49. The first-order chi connectivity index (χ1) is 15.5. The van der Waals surface area contributed by atoms with Crippen molar-refractivity contribution in [3.05, 3.63) is 94.4 Å². The second-order valence-corrected chi connectivity index (χ2v) is 8.69. The number of fused-ring (bicyclic) bond motifs is 3. The maximum atomic E-state index is 12.0. The number of hydrazine groups is 1. The lowest BCUT2D eigenvalue weighted by molar-refractivity contribution is -0.131. The molecule has 0 amide bonds. The van der Waals surface area contributed by atoms with Crippen molar-refractivity contribution in [2.45, 2.75) is 11.9 Å². The summed E-state index contributed by atoms with van der Waals surface area (Å²) in [4.78, 5) is 28.0. The largest absolute Gasteiger partial charge is 0.492 e. The first-order valence-corrected chi connectivity index (χ1v) is 11.1. The van der Waals surface area contributed by atoms with Crippen molar-refractivity contribution in [1.29, 1.82) is 0 Å². The fraction of sp³-hybridized carbons (Fsp3) is 0.0870. The Bertz CT molecular complexity index is 1250. The predicted octanol–water partition coefficient (Wildman–Crippen LogP) is 4.02. The summed E-state index contributed by atoms with van der Waals surface area (Å²) in [6, 6.07) is 15.0. The van der Waals surface area contributed by atoms with E-state index in [4.69, 9.17) is 11.6 Å². The van der Waals surface area contributed by atoms with Crippen molar-refractivity contribution in [3.63, 3.8) is 0 Å². The molecule has 2 heterocycles. The Labute approximate surface area is 193 Å². The smallest absolute Gasteiger partial charge is 0.240 e. The Hall–Kier alpha value is -3.49. The highest BCUT2D eigenvalue weighted by Crippen LogP contribution is 2.39. The number of rotatable bonds is 3. The molecule has 1 atom stereocenters. The van der Waals surface area contributed by atoms with Gasteiger partial charge in [0.2, 0.25) is 17.4 Å². The van der Waals surface area contributed by atoms with Gasteiger partial charge in [0.15, 0.2) is 5.17 Å². The van der Waals surface area contributed by atoms with E-state index in [9.17, 15) is 14.7 Å². The number of carbonyl (C=O) groups excluding carboxylic acids is 2. The highest BCUT2D eigenvalue weighted by Gasteiger charge is 2.37. The van der Waals surface area contributed by atoms with Gasteiger partial charge in [0.1, 0.15) is 11.9 Å². The molecule has 0 saturated carbocycles. The molecule has 5 rings (SSSR count). The number of ketones is 2. The van der Waals surface area contributed by atoms with E-state index in [1.165, 1.54) is 23.9 Å². The molecule has 0 aromatic heterocycles. The van der Waals surface area contributed by atoms with Crippen LogP contribution in [-0.2, 0) is 15.3 Å². The molecule has 3 aliphatic rings. The number of anilines is 1. The highest BCUT2D eigenvalue weighted by atomic mass is 35.5. The van der Waals surface area contributed by atoms with E-state index in [0.717, 1.165) is 16.8 Å². The van der Waals surface area contributed by atoms with Crippen LogP contribution in [0.1, 0.15) is 11.1 Å². The first-order valence-electron chi connectivity index (χ1n) is 9.78. The summed E-state index contributed by atoms with van der Waals surface area (Å²) < 4.78 is 0. The summed E-state index contributed by atoms with van der Waals surface area (Å²) in [5, 5.41) is 17.1. The number of allylic oxidation sites excluding steroid dienone is 2. The van der Waals surface area contributed by atoms with Crippen LogP contribution in [0.2, 0.25) is 5.02 Å². The molecule has 9 heteroatoms. The van der Waals surface area contributed by atoms with Crippen LogP contribution < -0.4 is 10.7 Å². The minimum absolute atomic E-state index is 0.135. The van der Waals surface area contributed by atoms with Crippen molar-refractivity contribution >= 4 is 51.5 Å². The van der Waals surface area contributed by atoms with E-state index in [1.54, 1.807) is 11.1 Å². The lowest BCUT2D eigenvalue weighted by Crippen LogP contribution is -2.54. The lowest BCUT2D eigenvalue weighted by atomic mass is 9.98. The zero-order valence-corrected chi connectivity index (χ0v) is 18.2. The van der Waals surface area contributed by atoms with Gasteiger partial charge in [-0.1, -0.05) is 59.8 Å². The van der Waals surface area contributed by atoms with Crippen molar-refractivity contribution in [2.24, 2.45) is 4.99 Å². The number of carbonyl (C=O) groups is 2. The van der Waals surface area contributed by atoms with Gasteiger partial charge in [0.05, 0.1) is 0 Å². The van der Waals surface area contributed by atoms with Crippen molar-refractivity contribution in [2.75, 3.05) is 5.32 Å². The summed E-state index contributed by atoms with van der Waals surface area (Å²) in [6.45, 7) is 0. The van der Waals surface area contributed by atoms with Gasteiger partial charge < -0.3 is 10.4 Å². The molecule has 2 aliphatic heterocycles. The molecule has 0 radical (unpaired) electrons. The number of para-hydroxylation sites is 1. The summed E-state index contributed by atoms with van der Waals surface area (Å²) >= 11 is 7.38. The van der Waals surface area contributed by atoms with Crippen LogP contribution in [0.4, 0.5) is 5.69 Å². The third-order valence-corrected chi connectivity index (χ3v) is 6.37. The van der Waals surface area contributed by atoms with Gasteiger partial charge in [-0.15, -0.1) is 0 Å². The quantitative estimate of drug-likeness (QED) is 0.466. The van der Waals surface area contributed by atoms with Gasteiger partial charge in [0, 0.05) is 27.6 Å². The molecule has 0 saturated heterocycles. The van der Waals surface area contributed by atoms with E-state index < -0.39 is 17.7 Å². The van der Waals surface area contributed by atoms with Crippen LogP contribution in [0.3, 0.4) is 0 Å². The minimum atomic E-state index is -0.582. The van der Waals surface area contributed by atoms with Gasteiger partial charge in [-0.2, -0.15) is 4.99 Å². The van der Waals surface area contributed by atoms with Gasteiger partial charge in [-0.3, -0.25) is 20.0 Å². The molecule has 160 valence electrons. The molecule has 32 heavy (non-hydrogen) atoms. The second-order valence-electron chi connectivity index (χ2n) is 7.28. The van der Waals surface area contributed by atoms with Crippen molar-refractivity contribution in [1.82, 2.24) is 10.4 Å². The van der Waals surface area contributed by atoms with E-state index in [2.05, 4.69) is 15.7 Å². The summed E-state index contributed by atoms with van der Waals surface area (Å²) in [7, 11) is 0. The number of hydrogen-bond donors (Lipinski definition) is 3. The molecular formula is C23H17ClN4O3S. The molecule has 0 unspecified atom stereocenters. The second kappa shape index (κ2) is 8.22. The molecule has 0 bridgehead atoms. The predicted molar refractivity (Wildman–Crippen MR) is 126 cm³/mol. The van der Waals surface area contributed by atoms with E-state index >= 15 is 0 Å². The Kier molecular flexibility index (Phi) is 5.24. The van der Waals surface area contributed by atoms with E-state index in [0.29, 0.717) is 27.2 Å². The molecule has 3 N–H and O–H groups in total. The molecule has 2 aromatic carbocycles. The normalized spacial score (nSPS) is 19.5. The maximum absolute atomic E-state index is 12.0. The molecule has 0 spiro atoms. The SMILES string of the molecule is O=C1C=CC([C@@H]2Nc3ccccc3C3=C(O)N=C(SCc4ccc(Cl)cc4)NN32)=CC1=O. The van der Waals surface area contributed by atoms with Crippen LogP contribution in [0, 0.1) is 0 Å². The monoisotopic (exact) mass is 464 g/mol. The number of hydrogen-bond acceptors (Lipinski definition) is 8. The number of halogens is 1. The summed E-state index contributed by atoms with van der Waals surface area (Å²) in [6.07, 6.45) is 3.64. The molecule has 0 fully saturated rings. The summed E-state index contributed by atoms with van der Waals surface area (Å²) in [5.74, 6) is -0.662. The number of amidine groups is 1. The number of benzene rings is 2. The Morgan fingerprint density at radius 3 is 2.62 bits per heavy atom. The summed E-state index contributed by atoms with van der Waals surface area (Å²) in [5.41, 5.74) is 6.93. The molecule has 1 aliphatic carbocycles. The lowest BCUT2D eigenvalue weighted by Gasteiger charge is -2.43. The minimum Gasteiger partial charge on any atom is -0.492 e. The van der Waals surface area contributed by atoms with Crippen LogP contribution in [0.5, 0.6) is 0 Å². The number of thioether (sulfide) groups is 1. The van der Waals surface area contributed by atoms with E-state index in [1.807, 2.05) is 48.5 Å². The number of aliphatic imine (C=N–C) groups is 1. The zero-order valence-electron chi connectivity index (χ0n) is 16.6. The standard InChI is InChI=1S/C23H17ClN4O3S/c24-15-8-5-13(6-9-15)12-32-23-26-22(31)20-16-3-1-2-4-17(16)25-21(28(20)27-23)14-7-10-18(29)19(30)11-14/h1-11,21,25,31H,12H2,(H,26,27)/t21-/m1/s1. The van der Waals surface area contributed by atoms with E-state index in [-0.39, 0.29) is 5.88 Å². The molecule has 2 aromatic rings. The van der Waals surface area contributed by atoms with Gasteiger partial charge in [-0.25, -0.2) is 0 Å². The fourth-order valence-corrected chi connectivity index (χ4v) is 4.57. The maximum Gasteiger partial charge on any atom is 0.240 e. The van der Waals surface area contributed by atoms with Crippen LogP contribution >= 0.6 is 23.4 Å². The average Bonchev–Trinajstić information content (AvgIpc) is 2.80. The third-order valence-electron chi connectivity index (χ3n) is 5.18. The Morgan fingerprint density at radius 2 is 1.84 bits per heavy atom.